The lowest BCUT2D eigenvalue weighted by atomic mass is 10.1. The van der Waals surface area contributed by atoms with Crippen LogP contribution >= 0.6 is 0 Å². The second-order valence-electron chi connectivity index (χ2n) is 5.60. The third kappa shape index (κ3) is 3.17. The normalized spacial score (nSPS) is 10.8. The number of carbonyl (C=O) groups is 1. The molecule has 0 radical (unpaired) electrons. The van der Waals surface area contributed by atoms with Gasteiger partial charge in [0.25, 0.3) is 0 Å². The molecular weight excluding hydrogens is 306 g/mol. The molecule has 24 heavy (non-hydrogen) atoms. The van der Waals surface area contributed by atoms with Crippen LogP contribution in [0.25, 0.3) is 11.0 Å². The van der Waals surface area contributed by atoms with E-state index in [0.29, 0.717) is 18.7 Å². The lowest BCUT2D eigenvalue weighted by molar-refractivity contribution is 0.200. The number of aryl methyl sites for hydroxylation is 2. The van der Waals surface area contributed by atoms with E-state index in [9.17, 15) is 9.59 Å². The van der Waals surface area contributed by atoms with E-state index in [-0.39, 0.29) is 5.69 Å². The van der Waals surface area contributed by atoms with E-state index in [2.05, 4.69) is 5.32 Å². The van der Waals surface area contributed by atoms with Crippen molar-refractivity contribution >= 4 is 17.1 Å². The van der Waals surface area contributed by atoms with Crippen LogP contribution in [0.5, 0.6) is 5.75 Å². The number of amides is 1. The highest BCUT2D eigenvalue weighted by Gasteiger charge is 2.08. The number of fused-ring (bicyclic) bond motifs is 1. The van der Waals surface area contributed by atoms with Crippen LogP contribution in [0, 0.1) is 0 Å². The molecule has 3 rings (SSSR count). The molecule has 0 fully saturated rings. The summed E-state index contributed by atoms with van der Waals surface area (Å²) in [5, 5.41) is 2.72. The van der Waals surface area contributed by atoms with Crippen molar-refractivity contribution in [1.29, 1.82) is 0 Å². The summed E-state index contributed by atoms with van der Waals surface area (Å²) in [6, 6.07) is 14.8. The smallest absolute Gasteiger partial charge is 0.410 e. The first-order chi connectivity index (χ1) is 11.6. The molecule has 124 valence electrons. The minimum Gasteiger partial charge on any atom is -0.410 e. The van der Waals surface area contributed by atoms with E-state index in [1.165, 1.54) is 0 Å². The Morgan fingerprint density at radius 1 is 1.04 bits per heavy atom. The van der Waals surface area contributed by atoms with E-state index in [1.807, 2.05) is 36.4 Å². The number of carbonyl (C=O) groups excluding carboxylic acids is 1. The minimum absolute atomic E-state index is 0.0493. The standard InChI is InChI=1S/C18H19N3O3/c1-20-15-9-8-13(12-16(15)21(2)18(20)23)10-11-19-17(22)24-14-6-4-3-5-7-14/h3-9,12H,10-11H2,1-2H3,(H,19,22). The van der Waals surface area contributed by atoms with Crippen molar-refractivity contribution in [2.45, 2.75) is 6.42 Å². The molecule has 1 amide bonds. The second-order valence-corrected chi connectivity index (χ2v) is 5.60. The third-order valence-corrected chi connectivity index (χ3v) is 3.97. The Morgan fingerprint density at radius 2 is 1.75 bits per heavy atom. The maximum absolute atomic E-state index is 11.9. The summed E-state index contributed by atoms with van der Waals surface area (Å²) in [4.78, 5) is 23.7. The Balaban J connectivity index is 1.61. The van der Waals surface area contributed by atoms with Crippen molar-refractivity contribution < 1.29 is 9.53 Å². The molecular formula is C18H19N3O3. The zero-order valence-electron chi connectivity index (χ0n) is 13.7. The predicted molar refractivity (Wildman–Crippen MR) is 92.3 cm³/mol. The van der Waals surface area contributed by atoms with Gasteiger partial charge in [0.05, 0.1) is 11.0 Å². The molecule has 0 bridgehead atoms. The first-order valence-corrected chi connectivity index (χ1v) is 7.71. The number of nitrogens with one attached hydrogen (secondary N) is 1. The van der Waals surface area contributed by atoms with Gasteiger partial charge in [-0.15, -0.1) is 0 Å². The Hall–Kier alpha value is -3.02. The molecule has 0 aliphatic rings. The molecule has 1 aromatic heterocycles. The molecule has 0 saturated carbocycles. The number of rotatable bonds is 4. The molecule has 0 unspecified atom stereocenters. The highest BCUT2D eigenvalue weighted by molar-refractivity contribution is 5.77. The molecule has 0 spiro atoms. The first kappa shape index (κ1) is 15.9. The fourth-order valence-corrected chi connectivity index (χ4v) is 2.65. The van der Waals surface area contributed by atoms with Gasteiger partial charge in [0.15, 0.2) is 0 Å². The van der Waals surface area contributed by atoms with Gasteiger partial charge >= 0.3 is 11.8 Å². The van der Waals surface area contributed by atoms with Gasteiger partial charge < -0.3 is 10.1 Å². The van der Waals surface area contributed by atoms with E-state index >= 15 is 0 Å². The van der Waals surface area contributed by atoms with Crippen LogP contribution in [0.2, 0.25) is 0 Å². The lowest BCUT2D eigenvalue weighted by Gasteiger charge is -2.07. The zero-order chi connectivity index (χ0) is 17.1. The molecule has 0 atom stereocenters. The molecule has 6 nitrogen and oxygen atoms in total. The topological polar surface area (TPSA) is 65.3 Å². The van der Waals surface area contributed by atoms with Crippen LogP contribution in [-0.4, -0.2) is 21.8 Å². The number of nitrogens with zero attached hydrogens (tertiary/aromatic N) is 2. The molecule has 3 aromatic rings. The van der Waals surface area contributed by atoms with Gasteiger partial charge in [-0.1, -0.05) is 24.3 Å². The Morgan fingerprint density at radius 3 is 2.50 bits per heavy atom. The highest BCUT2D eigenvalue weighted by Crippen LogP contribution is 2.14. The molecule has 2 aromatic carbocycles. The largest absolute Gasteiger partial charge is 0.412 e. The van der Waals surface area contributed by atoms with Crippen molar-refractivity contribution in [1.82, 2.24) is 14.5 Å². The summed E-state index contributed by atoms with van der Waals surface area (Å²) >= 11 is 0. The summed E-state index contributed by atoms with van der Waals surface area (Å²) in [5.41, 5.74) is 2.77. The summed E-state index contributed by atoms with van der Waals surface area (Å²) in [6.45, 7) is 0.456. The number of hydrogen-bond acceptors (Lipinski definition) is 3. The van der Waals surface area contributed by atoms with Gasteiger partial charge in [-0.05, 0) is 36.2 Å². The molecule has 0 aliphatic heterocycles. The fraction of sp³-hybridized carbons (Fsp3) is 0.222. The summed E-state index contributed by atoms with van der Waals surface area (Å²) in [5.74, 6) is 0.510. The van der Waals surface area contributed by atoms with Crippen LogP contribution in [0.1, 0.15) is 5.56 Å². The monoisotopic (exact) mass is 325 g/mol. The number of benzene rings is 2. The molecule has 0 saturated heterocycles. The number of imidazole rings is 1. The van der Waals surface area contributed by atoms with Crippen LogP contribution in [0.15, 0.2) is 53.3 Å². The van der Waals surface area contributed by atoms with Crippen molar-refractivity contribution in [3.05, 3.63) is 64.6 Å². The van der Waals surface area contributed by atoms with Crippen molar-refractivity contribution in [3.8, 4) is 5.75 Å². The first-order valence-electron chi connectivity index (χ1n) is 7.71. The fourth-order valence-electron chi connectivity index (χ4n) is 2.65. The van der Waals surface area contributed by atoms with Gasteiger partial charge in [-0.3, -0.25) is 9.13 Å². The SMILES string of the molecule is Cn1c(=O)n(C)c2cc(CCNC(=O)Oc3ccccc3)ccc21. The molecule has 1 N–H and O–H groups in total. The third-order valence-electron chi connectivity index (χ3n) is 3.97. The average molecular weight is 325 g/mol. The molecule has 6 heteroatoms. The maximum atomic E-state index is 11.9. The van der Waals surface area contributed by atoms with E-state index < -0.39 is 6.09 Å². The number of hydrogen-bond donors (Lipinski definition) is 1. The van der Waals surface area contributed by atoms with Crippen LogP contribution < -0.4 is 15.7 Å². The van der Waals surface area contributed by atoms with Crippen LogP contribution in [-0.2, 0) is 20.5 Å². The lowest BCUT2D eigenvalue weighted by Crippen LogP contribution is -2.28. The number of para-hydroxylation sites is 1. The average Bonchev–Trinajstić information content (AvgIpc) is 2.80. The Bertz CT molecular complexity index is 926. The number of aromatic nitrogens is 2. The Labute approximate surface area is 139 Å². The van der Waals surface area contributed by atoms with Crippen molar-refractivity contribution in [2.75, 3.05) is 6.54 Å². The summed E-state index contributed by atoms with van der Waals surface area (Å²) in [7, 11) is 3.51. The molecule has 0 aliphatic carbocycles. The van der Waals surface area contributed by atoms with Gasteiger partial charge in [0, 0.05) is 20.6 Å². The minimum atomic E-state index is -0.477. The van der Waals surface area contributed by atoms with Crippen molar-refractivity contribution in [2.24, 2.45) is 14.1 Å². The maximum Gasteiger partial charge on any atom is 0.412 e. The summed E-state index contributed by atoms with van der Waals surface area (Å²) in [6.07, 6.45) is 0.178. The van der Waals surface area contributed by atoms with Gasteiger partial charge in [-0.25, -0.2) is 9.59 Å². The van der Waals surface area contributed by atoms with Crippen LogP contribution in [0.3, 0.4) is 0 Å². The zero-order valence-corrected chi connectivity index (χ0v) is 13.7. The quantitative estimate of drug-likeness (QED) is 0.800. The number of ether oxygens (including phenoxy) is 1. The Kier molecular flexibility index (Phi) is 4.37. The van der Waals surface area contributed by atoms with E-state index in [1.54, 1.807) is 35.4 Å². The summed E-state index contributed by atoms with van der Waals surface area (Å²) < 4.78 is 8.40. The highest BCUT2D eigenvalue weighted by atomic mass is 16.6. The van der Waals surface area contributed by atoms with E-state index in [4.69, 9.17) is 4.74 Å². The van der Waals surface area contributed by atoms with E-state index in [0.717, 1.165) is 16.6 Å². The van der Waals surface area contributed by atoms with Gasteiger partial charge in [-0.2, -0.15) is 0 Å². The van der Waals surface area contributed by atoms with Crippen molar-refractivity contribution in [3.63, 3.8) is 0 Å². The second kappa shape index (κ2) is 6.62. The predicted octanol–water partition coefficient (Wildman–Crippen LogP) is 2.21. The van der Waals surface area contributed by atoms with Gasteiger partial charge in [0.2, 0.25) is 0 Å². The molecule has 1 heterocycles. The van der Waals surface area contributed by atoms with Crippen LogP contribution in [0.4, 0.5) is 4.79 Å². The van der Waals surface area contributed by atoms with Gasteiger partial charge in [0.1, 0.15) is 5.75 Å².